The van der Waals surface area contributed by atoms with E-state index in [2.05, 4.69) is 6.58 Å². The fourth-order valence-corrected chi connectivity index (χ4v) is 4.47. The zero-order valence-corrected chi connectivity index (χ0v) is 22.7. The van der Waals surface area contributed by atoms with E-state index in [1.165, 1.54) is 25.6 Å². The van der Waals surface area contributed by atoms with Gasteiger partial charge in [-0.1, -0.05) is 12.2 Å². The smallest absolute Gasteiger partial charge is 0.344 e. The summed E-state index contributed by atoms with van der Waals surface area (Å²) in [5, 5.41) is 2.76. The molecule has 0 aliphatic heterocycles. The normalized spacial score (nSPS) is 10.7. The highest BCUT2D eigenvalue weighted by Crippen LogP contribution is 2.38. The largest absolute Gasteiger partial charge is 0.490 e. The molecule has 3 rings (SSSR count). The minimum Gasteiger partial charge on any atom is -0.490 e. The number of aromatic nitrogens is 1. The Labute approximate surface area is 221 Å². The number of allylic oxidation sites excluding steroid dienone is 1. The maximum atomic E-state index is 12.9. The molecule has 1 heterocycles. The van der Waals surface area contributed by atoms with Crippen LogP contribution in [0, 0.1) is 0 Å². The van der Waals surface area contributed by atoms with Gasteiger partial charge in [0.2, 0.25) is 0 Å². The number of benzene rings is 2. The Balaban J connectivity index is 2.06. The van der Waals surface area contributed by atoms with Crippen molar-refractivity contribution in [2.75, 3.05) is 41.0 Å². The van der Waals surface area contributed by atoms with Crippen LogP contribution in [0.2, 0.25) is 0 Å². The summed E-state index contributed by atoms with van der Waals surface area (Å²) in [4.78, 5) is 17.8. The summed E-state index contributed by atoms with van der Waals surface area (Å²) in [5.41, 5.74) is 4.33. The van der Waals surface area contributed by atoms with Crippen molar-refractivity contribution in [3.05, 3.63) is 59.0 Å². The SMILES string of the molecule is C=C(C)Cc1cc(-c2csc(-c3ccc(OCC)c(OCC)c3)n2)cc(C(=O)OCOC)c1OCOC. The van der Waals surface area contributed by atoms with Crippen molar-refractivity contribution < 1.29 is 33.2 Å². The zero-order valence-electron chi connectivity index (χ0n) is 21.9. The second kappa shape index (κ2) is 13.8. The molecule has 0 saturated heterocycles. The van der Waals surface area contributed by atoms with Gasteiger partial charge in [-0.05, 0) is 63.1 Å². The van der Waals surface area contributed by atoms with Crippen molar-refractivity contribution in [2.24, 2.45) is 0 Å². The Bertz CT molecular complexity index is 1220. The quantitative estimate of drug-likeness (QED) is 0.140. The number of methoxy groups -OCH3 is 2. The standard InChI is InChI=1S/C28H33NO7S/c1-7-33-24-10-9-19(14-25(24)34-8-2)27-29-23(15-37-27)20-12-21(11-18(3)4)26(35-16-31-5)22(13-20)28(30)36-17-32-6/h9-10,12-15H,3,7-8,11,16-17H2,1-2,4-6H3. The molecule has 0 aliphatic carbocycles. The molecule has 0 amide bonds. The first kappa shape index (κ1) is 28.2. The number of ether oxygens (including phenoxy) is 6. The highest BCUT2D eigenvalue weighted by molar-refractivity contribution is 7.13. The zero-order chi connectivity index (χ0) is 26.8. The van der Waals surface area contributed by atoms with E-state index in [0.717, 1.165) is 27.3 Å². The number of carbonyl (C=O) groups is 1. The highest BCUT2D eigenvalue weighted by atomic mass is 32.1. The number of esters is 1. The number of hydrogen-bond acceptors (Lipinski definition) is 9. The Morgan fingerprint density at radius 2 is 1.68 bits per heavy atom. The molecule has 0 fully saturated rings. The van der Waals surface area contributed by atoms with Gasteiger partial charge < -0.3 is 28.4 Å². The molecule has 0 saturated carbocycles. The van der Waals surface area contributed by atoms with Gasteiger partial charge in [0.25, 0.3) is 0 Å². The van der Waals surface area contributed by atoms with E-state index in [1.54, 1.807) is 6.07 Å². The van der Waals surface area contributed by atoms with Crippen LogP contribution in [0.5, 0.6) is 17.2 Å². The Kier molecular flexibility index (Phi) is 10.5. The fraction of sp³-hybridized carbons (Fsp3) is 0.357. The van der Waals surface area contributed by atoms with E-state index in [4.69, 9.17) is 33.4 Å². The molecular weight excluding hydrogens is 494 g/mol. The molecular formula is C28H33NO7S. The lowest BCUT2D eigenvalue weighted by atomic mass is 9.98. The molecule has 0 aliphatic rings. The van der Waals surface area contributed by atoms with Crippen molar-refractivity contribution in [3.63, 3.8) is 0 Å². The summed E-state index contributed by atoms with van der Waals surface area (Å²) < 4.78 is 32.5. The molecule has 0 atom stereocenters. The van der Waals surface area contributed by atoms with Gasteiger partial charge in [0.05, 0.1) is 18.9 Å². The lowest BCUT2D eigenvalue weighted by molar-refractivity contribution is -0.0132. The van der Waals surface area contributed by atoms with Gasteiger partial charge in [-0.15, -0.1) is 11.3 Å². The van der Waals surface area contributed by atoms with Crippen LogP contribution < -0.4 is 14.2 Å². The van der Waals surface area contributed by atoms with Crippen molar-refractivity contribution in [2.45, 2.75) is 27.2 Å². The predicted octanol–water partition coefficient (Wildman–Crippen LogP) is 6.14. The molecule has 198 valence electrons. The third-order valence-corrected chi connectivity index (χ3v) is 5.99. The van der Waals surface area contributed by atoms with E-state index in [0.29, 0.717) is 42.6 Å². The predicted molar refractivity (Wildman–Crippen MR) is 144 cm³/mol. The average molecular weight is 528 g/mol. The fourth-order valence-electron chi connectivity index (χ4n) is 3.65. The maximum Gasteiger partial charge on any atom is 0.344 e. The van der Waals surface area contributed by atoms with Crippen LogP contribution in [0.15, 0.2) is 47.9 Å². The summed E-state index contributed by atoms with van der Waals surface area (Å²) in [7, 11) is 2.97. The molecule has 0 unspecified atom stereocenters. The Morgan fingerprint density at radius 1 is 0.946 bits per heavy atom. The number of carbonyl (C=O) groups excluding carboxylic acids is 1. The molecule has 0 spiro atoms. The topological polar surface area (TPSA) is 85.3 Å². The molecule has 3 aromatic rings. The molecule has 37 heavy (non-hydrogen) atoms. The summed E-state index contributed by atoms with van der Waals surface area (Å²) >= 11 is 1.50. The minimum atomic E-state index is -0.568. The third-order valence-electron chi connectivity index (χ3n) is 5.10. The third kappa shape index (κ3) is 7.31. The first-order valence-electron chi connectivity index (χ1n) is 11.9. The van der Waals surface area contributed by atoms with Gasteiger partial charge in [-0.2, -0.15) is 0 Å². The van der Waals surface area contributed by atoms with Gasteiger partial charge in [-0.25, -0.2) is 9.78 Å². The maximum absolute atomic E-state index is 12.9. The monoisotopic (exact) mass is 527 g/mol. The van der Waals surface area contributed by atoms with E-state index < -0.39 is 5.97 Å². The summed E-state index contributed by atoms with van der Waals surface area (Å²) in [6, 6.07) is 9.45. The van der Waals surface area contributed by atoms with Gasteiger partial charge in [-0.3, -0.25) is 0 Å². The summed E-state index contributed by atoms with van der Waals surface area (Å²) in [5.74, 6) is 1.18. The van der Waals surface area contributed by atoms with E-state index in [9.17, 15) is 4.79 Å². The average Bonchev–Trinajstić information content (AvgIpc) is 3.37. The summed E-state index contributed by atoms with van der Waals surface area (Å²) in [6.45, 7) is 10.7. The van der Waals surface area contributed by atoms with Gasteiger partial charge >= 0.3 is 5.97 Å². The second-order valence-corrected chi connectivity index (χ2v) is 8.96. The minimum absolute atomic E-state index is 0.0200. The van der Waals surface area contributed by atoms with E-state index >= 15 is 0 Å². The molecule has 0 radical (unpaired) electrons. The van der Waals surface area contributed by atoms with E-state index in [1.807, 2.05) is 50.4 Å². The van der Waals surface area contributed by atoms with Crippen molar-refractivity contribution >= 4 is 17.3 Å². The first-order chi connectivity index (χ1) is 17.9. The van der Waals surface area contributed by atoms with Gasteiger partial charge in [0.15, 0.2) is 25.1 Å². The highest BCUT2D eigenvalue weighted by Gasteiger charge is 2.22. The number of nitrogens with zero attached hydrogens (tertiary/aromatic N) is 1. The van der Waals surface area contributed by atoms with Gasteiger partial charge in [0, 0.05) is 30.7 Å². The van der Waals surface area contributed by atoms with Crippen LogP contribution in [0.4, 0.5) is 0 Å². The van der Waals surface area contributed by atoms with Crippen molar-refractivity contribution in [1.29, 1.82) is 0 Å². The molecule has 1 aromatic heterocycles. The van der Waals surface area contributed by atoms with Crippen LogP contribution in [-0.2, 0) is 20.6 Å². The van der Waals surface area contributed by atoms with Crippen LogP contribution in [0.25, 0.3) is 21.8 Å². The second-order valence-electron chi connectivity index (χ2n) is 8.10. The lowest BCUT2D eigenvalue weighted by Gasteiger charge is -2.17. The number of thiazole rings is 1. The number of hydrogen-bond donors (Lipinski definition) is 0. The number of rotatable bonds is 14. The van der Waals surface area contributed by atoms with Gasteiger partial charge in [0.1, 0.15) is 16.3 Å². The van der Waals surface area contributed by atoms with Crippen molar-refractivity contribution in [1.82, 2.24) is 4.98 Å². The molecule has 2 aromatic carbocycles. The summed E-state index contributed by atoms with van der Waals surface area (Å²) in [6.07, 6.45) is 0.505. The van der Waals surface area contributed by atoms with E-state index in [-0.39, 0.29) is 19.1 Å². The van der Waals surface area contributed by atoms with Crippen LogP contribution >= 0.6 is 11.3 Å². The molecule has 9 heteroatoms. The molecule has 8 nitrogen and oxygen atoms in total. The van der Waals surface area contributed by atoms with Crippen LogP contribution in [0.3, 0.4) is 0 Å². The van der Waals surface area contributed by atoms with Crippen molar-refractivity contribution in [3.8, 4) is 39.1 Å². The Morgan fingerprint density at radius 3 is 2.35 bits per heavy atom. The van der Waals surface area contributed by atoms with Crippen LogP contribution in [0.1, 0.15) is 36.7 Å². The first-order valence-corrected chi connectivity index (χ1v) is 12.7. The lowest BCUT2D eigenvalue weighted by Crippen LogP contribution is -2.13. The molecule has 0 N–H and O–H groups in total. The van der Waals surface area contributed by atoms with Crippen LogP contribution in [-0.4, -0.2) is 52.0 Å². The molecule has 0 bridgehead atoms. The Hall–Kier alpha value is -3.40.